The number of benzene rings is 1. The second-order valence-corrected chi connectivity index (χ2v) is 7.89. The van der Waals surface area contributed by atoms with Gasteiger partial charge in [-0.05, 0) is 44.9 Å². The predicted octanol–water partition coefficient (Wildman–Crippen LogP) is 3.34. The van der Waals surface area contributed by atoms with Crippen molar-refractivity contribution in [1.29, 1.82) is 0 Å². The number of nitrogens with one attached hydrogen (secondary N) is 3. The number of aliphatic hydroxyl groups is 1. The van der Waals surface area contributed by atoms with Crippen LogP contribution in [0.5, 0.6) is 5.75 Å². The summed E-state index contributed by atoms with van der Waals surface area (Å²) in [7, 11) is 0. The lowest BCUT2D eigenvalue weighted by atomic mass is 10.1. The van der Waals surface area contributed by atoms with Gasteiger partial charge in [-0.1, -0.05) is 0 Å². The van der Waals surface area contributed by atoms with Gasteiger partial charge in [0.2, 0.25) is 0 Å². The monoisotopic (exact) mass is 420 g/mol. The molecule has 1 aliphatic rings. The number of carbonyl (C=O) groups excluding carboxylic acids is 1. The lowest BCUT2D eigenvalue weighted by Gasteiger charge is -2.20. The number of nitrogens with zero attached hydrogens (tertiary/aromatic N) is 1. The quantitative estimate of drug-likeness (QED) is 0.516. The average molecular weight is 421 g/mol. The Labute approximate surface area is 173 Å². The molecule has 0 fully saturated rings. The summed E-state index contributed by atoms with van der Waals surface area (Å²) in [4.78, 5) is 17.6. The van der Waals surface area contributed by atoms with Crippen LogP contribution in [0.4, 0.5) is 15.1 Å². The fourth-order valence-corrected chi connectivity index (χ4v) is 4.06. The van der Waals surface area contributed by atoms with Gasteiger partial charge in [-0.25, -0.2) is 9.38 Å². The Balaban J connectivity index is 1.88. The van der Waals surface area contributed by atoms with E-state index in [9.17, 15) is 9.18 Å². The fraction of sp³-hybridized carbons (Fsp3) is 0.400. The van der Waals surface area contributed by atoms with Crippen LogP contribution in [0.3, 0.4) is 0 Å². The molecule has 2 aromatic rings. The van der Waals surface area contributed by atoms with Crippen LogP contribution < -0.4 is 20.7 Å². The summed E-state index contributed by atoms with van der Waals surface area (Å²) in [6.07, 6.45) is 0.394. The highest BCUT2D eigenvalue weighted by Gasteiger charge is 2.26. The van der Waals surface area contributed by atoms with E-state index < -0.39 is 0 Å². The van der Waals surface area contributed by atoms with E-state index in [1.54, 1.807) is 6.07 Å². The van der Waals surface area contributed by atoms with Gasteiger partial charge in [0.05, 0.1) is 22.2 Å². The Bertz CT molecular complexity index is 927. The SMILES string of the molecule is Cc1c(C(=O)NCCCO)sc2c1C(Nc1ccc(F)cc1OC(C)C)=NCN2. The third-order valence-corrected chi connectivity index (χ3v) is 5.49. The third-order valence-electron chi connectivity index (χ3n) is 4.25. The lowest BCUT2D eigenvalue weighted by molar-refractivity contribution is 0.0954. The number of halogens is 1. The summed E-state index contributed by atoms with van der Waals surface area (Å²) < 4.78 is 19.4. The molecule has 7 nitrogen and oxygen atoms in total. The number of ether oxygens (including phenoxy) is 1. The van der Waals surface area contributed by atoms with Crippen LogP contribution in [-0.4, -0.2) is 42.8 Å². The van der Waals surface area contributed by atoms with E-state index in [-0.39, 0.29) is 24.4 Å². The number of aliphatic imine (C=N–C) groups is 1. The Hall–Kier alpha value is -2.65. The molecule has 0 spiro atoms. The van der Waals surface area contributed by atoms with Crippen LogP contribution in [-0.2, 0) is 0 Å². The van der Waals surface area contributed by atoms with Crippen LogP contribution in [0.15, 0.2) is 23.2 Å². The van der Waals surface area contributed by atoms with Crippen LogP contribution in [0.25, 0.3) is 0 Å². The highest BCUT2D eigenvalue weighted by molar-refractivity contribution is 7.18. The van der Waals surface area contributed by atoms with Gasteiger partial charge in [0.1, 0.15) is 29.1 Å². The zero-order valence-corrected chi connectivity index (χ0v) is 17.5. The highest BCUT2D eigenvalue weighted by Crippen LogP contribution is 2.36. The smallest absolute Gasteiger partial charge is 0.261 e. The summed E-state index contributed by atoms with van der Waals surface area (Å²) in [5, 5.41) is 19.0. The molecular formula is C20H25FN4O3S. The molecule has 3 rings (SSSR count). The van der Waals surface area contributed by atoms with Gasteiger partial charge in [-0.2, -0.15) is 0 Å². The Morgan fingerprint density at radius 3 is 2.97 bits per heavy atom. The first-order valence-electron chi connectivity index (χ1n) is 9.45. The second kappa shape index (κ2) is 9.23. The van der Waals surface area contributed by atoms with Gasteiger partial charge in [0.15, 0.2) is 0 Å². The van der Waals surface area contributed by atoms with Crippen molar-refractivity contribution in [3.63, 3.8) is 0 Å². The average Bonchev–Trinajstić information content (AvgIpc) is 3.01. The molecule has 0 unspecified atom stereocenters. The van der Waals surface area contributed by atoms with E-state index in [1.165, 1.54) is 23.5 Å². The van der Waals surface area contributed by atoms with Gasteiger partial charge in [0.25, 0.3) is 5.91 Å². The normalized spacial score (nSPS) is 12.8. The summed E-state index contributed by atoms with van der Waals surface area (Å²) in [6, 6.07) is 4.31. The molecular weight excluding hydrogens is 395 g/mol. The zero-order chi connectivity index (χ0) is 21.0. The number of amidine groups is 1. The van der Waals surface area contributed by atoms with Gasteiger partial charge in [-0.3, -0.25) is 4.79 Å². The van der Waals surface area contributed by atoms with E-state index in [0.717, 1.165) is 16.1 Å². The van der Waals surface area contributed by atoms with Crippen molar-refractivity contribution in [3.05, 3.63) is 40.0 Å². The van der Waals surface area contributed by atoms with Gasteiger partial charge in [-0.15, -0.1) is 11.3 Å². The Morgan fingerprint density at radius 2 is 2.24 bits per heavy atom. The Kier molecular flexibility index (Phi) is 6.71. The van der Waals surface area contributed by atoms with Crippen molar-refractivity contribution >= 4 is 33.8 Å². The first-order valence-corrected chi connectivity index (χ1v) is 10.3. The molecule has 9 heteroatoms. The van der Waals surface area contributed by atoms with Gasteiger partial charge in [0, 0.05) is 19.2 Å². The molecule has 0 aliphatic carbocycles. The third kappa shape index (κ3) is 4.86. The maximum atomic E-state index is 13.7. The van der Waals surface area contributed by atoms with Crippen molar-refractivity contribution in [2.45, 2.75) is 33.3 Å². The Morgan fingerprint density at radius 1 is 1.45 bits per heavy atom. The minimum absolute atomic E-state index is 0.0287. The summed E-state index contributed by atoms with van der Waals surface area (Å²) in [6.45, 7) is 6.43. The number of anilines is 2. The number of carbonyl (C=O) groups is 1. The van der Waals surface area contributed by atoms with Crippen molar-refractivity contribution in [2.24, 2.45) is 4.99 Å². The van der Waals surface area contributed by atoms with Crippen LogP contribution >= 0.6 is 11.3 Å². The number of rotatable bonds is 7. The number of aliphatic hydroxyl groups excluding tert-OH is 1. The summed E-state index contributed by atoms with van der Waals surface area (Å²) in [5.41, 5.74) is 2.22. The largest absolute Gasteiger partial charge is 0.489 e. The molecule has 0 atom stereocenters. The van der Waals surface area contributed by atoms with Crippen molar-refractivity contribution in [2.75, 3.05) is 30.5 Å². The molecule has 1 aromatic carbocycles. The molecule has 2 heterocycles. The number of thiophene rings is 1. The first-order chi connectivity index (χ1) is 13.9. The van der Waals surface area contributed by atoms with E-state index in [4.69, 9.17) is 9.84 Å². The minimum atomic E-state index is -0.382. The maximum absolute atomic E-state index is 13.7. The van der Waals surface area contributed by atoms with E-state index in [1.807, 2.05) is 20.8 Å². The number of fused-ring (bicyclic) bond motifs is 1. The fourth-order valence-electron chi connectivity index (χ4n) is 2.95. The standard InChI is InChI=1S/C20H25FN4O3S/c1-11(2)28-15-9-13(21)5-6-14(15)25-18-16-12(3)17(19(27)22-7-4-8-26)29-20(16)24-10-23-18/h5-6,9,11,24,26H,4,7-8,10H2,1-3H3,(H,22,27)(H,23,25). The molecule has 156 valence electrons. The van der Waals surface area contributed by atoms with Crippen molar-refractivity contribution < 1.29 is 19.0 Å². The molecule has 0 saturated heterocycles. The van der Waals surface area contributed by atoms with Crippen molar-refractivity contribution in [3.8, 4) is 5.75 Å². The summed E-state index contributed by atoms with van der Waals surface area (Å²) >= 11 is 1.36. The lowest BCUT2D eigenvalue weighted by Crippen LogP contribution is -2.25. The molecule has 4 N–H and O–H groups in total. The van der Waals surface area contributed by atoms with Crippen LogP contribution in [0.2, 0.25) is 0 Å². The van der Waals surface area contributed by atoms with E-state index in [0.29, 0.717) is 41.8 Å². The number of amides is 1. The van der Waals surface area contributed by atoms with Crippen LogP contribution in [0, 0.1) is 12.7 Å². The van der Waals surface area contributed by atoms with E-state index in [2.05, 4.69) is 20.9 Å². The molecule has 0 radical (unpaired) electrons. The predicted molar refractivity (Wildman–Crippen MR) is 114 cm³/mol. The maximum Gasteiger partial charge on any atom is 0.261 e. The van der Waals surface area contributed by atoms with Crippen molar-refractivity contribution in [1.82, 2.24) is 5.32 Å². The first kappa shape index (κ1) is 21.1. The number of hydrogen-bond donors (Lipinski definition) is 4. The second-order valence-electron chi connectivity index (χ2n) is 6.87. The highest BCUT2D eigenvalue weighted by atomic mass is 32.1. The van der Waals surface area contributed by atoms with Crippen LogP contribution in [0.1, 0.15) is 41.1 Å². The molecule has 1 amide bonds. The molecule has 29 heavy (non-hydrogen) atoms. The van der Waals surface area contributed by atoms with E-state index >= 15 is 0 Å². The minimum Gasteiger partial charge on any atom is -0.489 e. The number of hydrogen-bond acceptors (Lipinski definition) is 7. The van der Waals surface area contributed by atoms with Gasteiger partial charge >= 0.3 is 0 Å². The summed E-state index contributed by atoms with van der Waals surface area (Å²) in [5.74, 6) is 0.439. The molecule has 0 saturated carbocycles. The zero-order valence-electron chi connectivity index (χ0n) is 16.6. The molecule has 0 bridgehead atoms. The topological polar surface area (TPSA) is 95.0 Å². The molecule has 1 aliphatic heterocycles. The molecule has 1 aromatic heterocycles. The van der Waals surface area contributed by atoms with Gasteiger partial charge < -0.3 is 25.8 Å².